The highest BCUT2D eigenvalue weighted by Gasteiger charge is 2.22. The second kappa shape index (κ2) is 8.95. The first-order valence-corrected chi connectivity index (χ1v) is 9.30. The average molecular weight is 417 g/mol. The molecular weight excluding hydrogens is 399 g/mol. The van der Waals surface area contributed by atoms with Crippen LogP contribution in [0.3, 0.4) is 0 Å². The summed E-state index contributed by atoms with van der Waals surface area (Å²) in [5.41, 5.74) is 2.60. The fourth-order valence-electron chi connectivity index (χ4n) is 2.86. The molecule has 3 aromatic rings. The number of carbonyl (C=O) groups excluding carboxylic acids is 2. The summed E-state index contributed by atoms with van der Waals surface area (Å²) in [5, 5.41) is 4.53. The van der Waals surface area contributed by atoms with Crippen LogP contribution in [0.4, 0.5) is 0 Å². The first-order chi connectivity index (χ1) is 13.5. The molecule has 0 saturated carbocycles. The van der Waals surface area contributed by atoms with Crippen LogP contribution in [0.25, 0.3) is 17.0 Å². The number of para-hydroxylation sites is 1. The molecule has 2 aromatic carbocycles. The van der Waals surface area contributed by atoms with Gasteiger partial charge in [0.25, 0.3) is 0 Å². The molecular formula is C21H18Cl2N2O3. The van der Waals surface area contributed by atoms with Gasteiger partial charge in [0.2, 0.25) is 5.91 Å². The molecule has 3 rings (SSSR count). The van der Waals surface area contributed by atoms with Crippen molar-refractivity contribution in [3.05, 3.63) is 75.9 Å². The molecule has 0 fully saturated rings. The van der Waals surface area contributed by atoms with Crippen molar-refractivity contribution in [3.8, 4) is 0 Å². The zero-order valence-electron chi connectivity index (χ0n) is 15.0. The zero-order valence-corrected chi connectivity index (χ0v) is 16.6. The van der Waals surface area contributed by atoms with Crippen molar-refractivity contribution in [2.24, 2.45) is 0 Å². The van der Waals surface area contributed by atoms with Crippen LogP contribution in [0, 0.1) is 0 Å². The van der Waals surface area contributed by atoms with Crippen molar-refractivity contribution in [2.75, 3.05) is 7.11 Å². The van der Waals surface area contributed by atoms with Gasteiger partial charge < -0.3 is 15.0 Å². The van der Waals surface area contributed by atoms with Crippen molar-refractivity contribution < 1.29 is 14.3 Å². The van der Waals surface area contributed by atoms with Gasteiger partial charge in [-0.2, -0.15) is 0 Å². The number of methoxy groups -OCH3 is 1. The molecule has 0 aliphatic rings. The highest BCUT2D eigenvalue weighted by atomic mass is 35.5. The summed E-state index contributed by atoms with van der Waals surface area (Å²) in [5.74, 6) is -0.928. The topological polar surface area (TPSA) is 71.2 Å². The number of aromatic nitrogens is 1. The molecule has 1 amide bonds. The number of halogens is 2. The Balaban J connectivity index is 1.73. The van der Waals surface area contributed by atoms with E-state index in [0.29, 0.717) is 16.5 Å². The Hall–Kier alpha value is -2.76. The second-order valence-corrected chi connectivity index (χ2v) is 6.97. The van der Waals surface area contributed by atoms with Crippen LogP contribution in [0.15, 0.2) is 54.7 Å². The lowest BCUT2D eigenvalue weighted by atomic mass is 10.0. The van der Waals surface area contributed by atoms with Gasteiger partial charge >= 0.3 is 5.97 Å². The summed E-state index contributed by atoms with van der Waals surface area (Å²) in [6, 6.07) is 12.0. The summed E-state index contributed by atoms with van der Waals surface area (Å²) in [4.78, 5) is 27.6. The highest BCUT2D eigenvalue weighted by molar-refractivity contribution is 6.42. The maximum Gasteiger partial charge on any atom is 0.328 e. The summed E-state index contributed by atoms with van der Waals surface area (Å²) < 4.78 is 4.85. The quantitative estimate of drug-likeness (QED) is 0.462. The van der Waals surface area contributed by atoms with Gasteiger partial charge in [-0.05, 0) is 35.4 Å². The van der Waals surface area contributed by atoms with Crippen molar-refractivity contribution in [3.63, 3.8) is 0 Å². The van der Waals surface area contributed by atoms with E-state index in [2.05, 4.69) is 10.3 Å². The lowest BCUT2D eigenvalue weighted by Crippen LogP contribution is -2.42. The van der Waals surface area contributed by atoms with Crippen LogP contribution in [0.1, 0.15) is 11.1 Å². The normalized spacial score (nSPS) is 12.2. The molecule has 144 valence electrons. The predicted molar refractivity (Wildman–Crippen MR) is 111 cm³/mol. The first-order valence-electron chi connectivity index (χ1n) is 8.54. The Labute approximate surface area is 172 Å². The Kier molecular flexibility index (Phi) is 6.39. The maximum atomic E-state index is 12.3. The van der Waals surface area contributed by atoms with Crippen LogP contribution in [-0.2, 0) is 20.7 Å². The van der Waals surface area contributed by atoms with Crippen LogP contribution in [0.5, 0.6) is 0 Å². The fourth-order valence-corrected chi connectivity index (χ4v) is 3.17. The number of nitrogens with one attached hydrogen (secondary N) is 2. The van der Waals surface area contributed by atoms with E-state index >= 15 is 0 Å². The Morgan fingerprint density at radius 2 is 1.96 bits per heavy atom. The Morgan fingerprint density at radius 3 is 2.71 bits per heavy atom. The van der Waals surface area contributed by atoms with E-state index in [9.17, 15) is 9.59 Å². The molecule has 0 saturated heterocycles. The minimum absolute atomic E-state index is 0.309. The number of hydrogen-bond acceptors (Lipinski definition) is 3. The lowest BCUT2D eigenvalue weighted by Gasteiger charge is -2.15. The maximum absolute atomic E-state index is 12.3. The van der Waals surface area contributed by atoms with E-state index in [1.807, 2.05) is 30.5 Å². The molecule has 5 nitrogen and oxygen atoms in total. The van der Waals surface area contributed by atoms with E-state index in [1.54, 1.807) is 24.3 Å². The van der Waals surface area contributed by atoms with Crippen LogP contribution in [0.2, 0.25) is 10.0 Å². The minimum Gasteiger partial charge on any atom is -0.467 e. The van der Waals surface area contributed by atoms with Crippen LogP contribution < -0.4 is 5.32 Å². The molecule has 0 spiro atoms. The van der Waals surface area contributed by atoms with Gasteiger partial charge in [-0.15, -0.1) is 0 Å². The van der Waals surface area contributed by atoms with Gasteiger partial charge in [0.15, 0.2) is 0 Å². The first kappa shape index (κ1) is 20.0. The Bertz CT molecular complexity index is 1040. The van der Waals surface area contributed by atoms with Crippen molar-refractivity contribution in [1.29, 1.82) is 0 Å². The summed E-state index contributed by atoms with van der Waals surface area (Å²) in [7, 11) is 1.29. The summed E-state index contributed by atoms with van der Waals surface area (Å²) in [6.07, 6.45) is 5.07. The predicted octanol–water partition coefficient (Wildman–Crippen LogP) is 4.39. The number of rotatable bonds is 6. The smallest absolute Gasteiger partial charge is 0.328 e. The molecule has 0 unspecified atom stereocenters. The molecule has 0 bridgehead atoms. The third kappa shape index (κ3) is 4.74. The minimum atomic E-state index is -0.810. The number of esters is 1. The SMILES string of the molecule is COC(=O)[C@@H](Cc1c[nH]c2ccccc12)NC(=O)/C=C/c1ccc(Cl)c(Cl)c1. The fraction of sp³-hybridized carbons (Fsp3) is 0.143. The van der Waals surface area contributed by atoms with Gasteiger partial charge in [-0.25, -0.2) is 4.79 Å². The van der Waals surface area contributed by atoms with E-state index < -0.39 is 17.9 Å². The highest BCUT2D eigenvalue weighted by Crippen LogP contribution is 2.23. The largest absolute Gasteiger partial charge is 0.467 e. The molecule has 1 aromatic heterocycles. The van der Waals surface area contributed by atoms with Crippen molar-refractivity contribution in [2.45, 2.75) is 12.5 Å². The number of amides is 1. The summed E-state index contributed by atoms with van der Waals surface area (Å²) in [6.45, 7) is 0. The van der Waals surface area contributed by atoms with E-state index in [4.69, 9.17) is 27.9 Å². The molecule has 1 atom stereocenters. The van der Waals surface area contributed by atoms with Crippen LogP contribution >= 0.6 is 23.2 Å². The number of aromatic amines is 1. The van der Waals surface area contributed by atoms with Crippen molar-refractivity contribution in [1.82, 2.24) is 10.3 Å². The molecule has 0 aliphatic heterocycles. The van der Waals surface area contributed by atoms with E-state index in [-0.39, 0.29) is 0 Å². The van der Waals surface area contributed by atoms with Gasteiger partial charge in [0, 0.05) is 29.6 Å². The third-order valence-corrected chi connectivity index (χ3v) is 5.01. The molecule has 0 aliphatic carbocycles. The van der Waals surface area contributed by atoms with Gasteiger partial charge in [-0.1, -0.05) is 47.5 Å². The second-order valence-electron chi connectivity index (χ2n) is 6.15. The molecule has 1 heterocycles. The van der Waals surface area contributed by atoms with E-state index in [0.717, 1.165) is 22.0 Å². The average Bonchev–Trinajstić information content (AvgIpc) is 3.11. The standard InChI is InChI=1S/C21H18Cl2N2O3/c1-28-21(27)19(11-14-12-24-18-5-3-2-4-15(14)18)25-20(26)9-7-13-6-8-16(22)17(23)10-13/h2-10,12,19,24H,11H2,1H3,(H,25,26)/b9-7+/t19-/m1/s1. The van der Waals surface area contributed by atoms with Gasteiger partial charge in [-0.3, -0.25) is 4.79 Å². The number of ether oxygens (including phenoxy) is 1. The molecule has 0 radical (unpaired) electrons. The number of H-pyrrole nitrogens is 1. The zero-order chi connectivity index (χ0) is 20.1. The van der Waals surface area contributed by atoms with Crippen molar-refractivity contribution >= 4 is 52.1 Å². The number of benzene rings is 2. The Morgan fingerprint density at radius 1 is 1.18 bits per heavy atom. The third-order valence-electron chi connectivity index (χ3n) is 4.27. The lowest BCUT2D eigenvalue weighted by molar-refractivity contribution is -0.144. The number of hydrogen-bond donors (Lipinski definition) is 2. The molecule has 28 heavy (non-hydrogen) atoms. The van der Waals surface area contributed by atoms with E-state index in [1.165, 1.54) is 13.2 Å². The number of carbonyl (C=O) groups is 2. The van der Waals surface area contributed by atoms with Gasteiger partial charge in [0.05, 0.1) is 17.2 Å². The van der Waals surface area contributed by atoms with Crippen LogP contribution in [-0.4, -0.2) is 30.0 Å². The molecule has 7 heteroatoms. The monoisotopic (exact) mass is 416 g/mol. The number of fused-ring (bicyclic) bond motifs is 1. The van der Waals surface area contributed by atoms with Gasteiger partial charge in [0.1, 0.15) is 6.04 Å². The molecule has 2 N–H and O–H groups in total. The summed E-state index contributed by atoms with van der Waals surface area (Å²) >= 11 is 11.9.